The summed E-state index contributed by atoms with van der Waals surface area (Å²) in [5.74, 6) is -2.10. The van der Waals surface area contributed by atoms with Crippen LogP contribution in [0, 0.1) is 47.3 Å². The Labute approximate surface area is 340 Å². The molecule has 16 heteroatoms. The van der Waals surface area contributed by atoms with Crippen LogP contribution in [0.4, 0.5) is 0 Å². The number of ether oxygens (including phenoxy) is 6. The van der Waals surface area contributed by atoms with Crippen LogP contribution in [0.5, 0.6) is 0 Å². The molecule has 4 bridgehead atoms. The third kappa shape index (κ3) is 7.71. The molecule has 10 aliphatic rings. The van der Waals surface area contributed by atoms with E-state index in [0.717, 1.165) is 38.5 Å². The summed E-state index contributed by atoms with van der Waals surface area (Å²) < 4.78 is 36.9. The molecule has 0 aromatic carbocycles. The van der Waals surface area contributed by atoms with Gasteiger partial charge in [-0.15, -0.1) is 0 Å². The predicted octanol–water partition coefficient (Wildman–Crippen LogP) is 5.06. The minimum atomic E-state index is -0.916. The molecule has 16 nitrogen and oxygen atoms in total. The van der Waals surface area contributed by atoms with Crippen molar-refractivity contribution in [1.29, 1.82) is 0 Å². The Morgan fingerprint density at radius 1 is 0.552 bits per heavy atom. The summed E-state index contributed by atoms with van der Waals surface area (Å²) in [6, 6.07) is 0. The second kappa shape index (κ2) is 16.4. The van der Waals surface area contributed by atoms with Gasteiger partial charge in [-0.1, -0.05) is 27.7 Å². The highest BCUT2D eigenvalue weighted by Crippen LogP contribution is 2.62. The van der Waals surface area contributed by atoms with Gasteiger partial charge in [-0.05, 0) is 88.9 Å². The number of hydrogen-bond acceptors (Lipinski definition) is 14. The Bertz CT molecular complexity index is 1450. The van der Waals surface area contributed by atoms with Gasteiger partial charge in [0.05, 0.1) is 12.8 Å². The normalized spacial score (nSPS) is 46.1. The number of unbranched alkanes of at least 4 members (excludes halogenated alkanes) is 1. The average molecular weight is 821 g/mol. The number of fused-ring (bicyclic) bond motifs is 4. The standard InChI is InChI=1S/C42H64N2O14/c1-23-11-13-29-25(3)35(51-37-41(29)27(23)15-19-39(5,53-37)55-57-41)49-33(47)17-21-43-31(45)9-7-8-10-32(46)44-22-18-34(48)50-36-26(4)30-14-12-24(2)28-16-20-40(6)54-38(52-36)42(28,30)58-56-40/h23-30,35-38H,7-22H2,1-6H3,(H,43,45)(H,44,46)/t23-,24-,25-,26-,27+,28+,29+,30+,35-,36-,37-,38-,39-,40-,41-,42-/m1/s1. The third-order valence-corrected chi connectivity index (χ3v) is 15.0. The van der Waals surface area contributed by atoms with E-state index in [9.17, 15) is 19.2 Å². The molecule has 58 heavy (non-hydrogen) atoms. The van der Waals surface area contributed by atoms with Crippen molar-refractivity contribution in [2.75, 3.05) is 13.1 Å². The van der Waals surface area contributed by atoms with Crippen LogP contribution in [0.1, 0.15) is 131 Å². The second-order valence-electron chi connectivity index (χ2n) is 18.9. The van der Waals surface area contributed by atoms with Crippen molar-refractivity contribution in [2.45, 2.75) is 179 Å². The van der Waals surface area contributed by atoms with Crippen LogP contribution in [0.2, 0.25) is 0 Å². The summed E-state index contributed by atoms with van der Waals surface area (Å²) >= 11 is 0. The smallest absolute Gasteiger partial charge is 0.309 e. The van der Waals surface area contributed by atoms with Gasteiger partial charge in [0.2, 0.25) is 36.0 Å². The van der Waals surface area contributed by atoms with E-state index < -0.39 is 59.9 Å². The SMILES string of the molecule is C[C@H]1[C@H](OC(=O)CCNC(=O)CCCCC(=O)NCCC(=O)O[C@@H]2O[C@@H]3O[C@@]4(C)CC[C@H]5[C@H](C)CC[C@@H]([C@H]2C)[C@@]35OO4)O[C@@H]2O[C@@]3(C)CC[C@H]4[C@H](C)CC[C@@H]1[C@@]24OO3. The van der Waals surface area contributed by atoms with Gasteiger partial charge in [-0.25, -0.2) is 19.6 Å². The highest BCUT2D eigenvalue weighted by Gasteiger charge is 2.71. The number of esters is 2. The summed E-state index contributed by atoms with van der Waals surface area (Å²) in [5.41, 5.74) is -1.47. The molecule has 8 saturated heterocycles. The van der Waals surface area contributed by atoms with Crippen molar-refractivity contribution >= 4 is 23.8 Å². The van der Waals surface area contributed by atoms with Crippen molar-refractivity contribution in [2.24, 2.45) is 47.3 Å². The van der Waals surface area contributed by atoms with Crippen LogP contribution < -0.4 is 10.6 Å². The van der Waals surface area contributed by atoms with Gasteiger partial charge in [0.15, 0.2) is 23.8 Å². The maximum atomic E-state index is 12.9. The van der Waals surface area contributed by atoms with Gasteiger partial charge < -0.3 is 39.1 Å². The lowest BCUT2D eigenvalue weighted by atomic mass is 9.58. The summed E-state index contributed by atoms with van der Waals surface area (Å²) in [6.07, 6.45) is 5.48. The highest BCUT2D eigenvalue weighted by molar-refractivity contribution is 5.78. The molecule has 2 amide bonds. The molecular formula is C42H64N2O14. The number of hydrogen-bond donors (Lipinski definition) is 2. The van der Waals surface area contributed by atoms with Crippen molar-refractivity contribution in [3.8, 4) is 0 Å². The number of rotatable bonds is 13. The quantitative estimate of drug-likeness (QED) is 0.143. The lowest BCUT2D eigenvalue weighted by molar-refractivity contribution is -0.576. The molecule has 326 valence electrons. The van der Waals surface area contributed by atoms with E-state index in [1.54, 1.807) is 0 Å². The lowest BCUT2D eigenvalue weighted by Crippen LogP contribution is -2.70. The van der Waals surface area contributed by atoms with Crippen LogP contribution >= 0.6 is 0 Å². The molecule has 0 aromatic rings. The molecule has 16 atom stereocenters. The Hall–Kier alpha value is -2.44. The van der Waals surface area contributed by atoms with E-state index >= 15 is 0 Å². The average Bonchev–Trinajstić information content (AvgIpc) is 3.55. The molecule has 0 radical (unpaired) electrons. The molecule has 2 saturated carbocycles. The maximum Gasteiger partial charge on any atom is 0.309 e. The summed E-state index contributed by atoms with van der Waals surface area (Å²) in [6.45, 7) is 12.5. The molecule has 0 unspecified atom stereocenters. The molecule has 2 spiro atoms. The molecule has 8 heterocycles. The number of carbonyl (C=O) groups is 4. The number of amides is 2. The first kappa shape index (κ1) is 42.3. The molecule has 8 aliphatic heterocycles. The van der Waals surface area contributed by atoms with E-state index in [1.165, 1.54) is 0 Å². The molecule has 10 fully saturated rings. The lowest BCUT2D eigenvalue weighted by Gasteiger charge is -2.59. The largest absolute Gasteiger partial charge is 0.435 e. The number of carbonyl (C=O) groups excluding carboxylic acids is 4. The fourth-order valence-corrected chi connectivity index (χ4v) is 11.7. The minimum Gasteiger partial charge on any atom is -0.435 e. The zero-order valence-corrected chi connectivity index (χ0v) is 35.0. The third-order valence-electron chi connectivity index (χ3n) is 15.0. The van der Waals surface area contributed by atoms with Crippen LogP contribution in [0.25, 0.3) is 0 Å². The van der Waals surface area contributed by atoms with Crippen LogP contribution in [-0.2, 0) is 67.1 Å². The fraction of sp³-hybridized carbons (Fsp3) is 0.905. The van der Waals surface area contributed by atoms with Crippen LogP contribution in [-0.4, -0.2) is 84.8 Å². The van der Waals surface area contributed by atoms with E-state index in [4.69, 9.17) is 48.0 Å². The van der Waals surface area contributed by atoms with E-state index in [1.807, 2.05) is 27.7 Å². The first-order chi connectivity index (χ1) is 27.7. The Morgan fingerprint density at radius 3 is 1.38 bits per heavy atom. The van der Waals surface area contributed by atoms with Gasteiger partial charge >= 0.3 is 11.9 Å². The zero-order valence-electron chi connectivity index (χ0n) is 35.0. The highest BCUT2D eigenvalue weighted by atomic mass is 17.3. The topological polar surface area (TPSA) is 185 Å². The van der Waals surface area contributed by atoms with Gasteiger partial charge in [-0.3, -0.25) is 19.2 Å². The van der Waals surface area contributed by atoms with Crippen LogP contribution in [0.15, 0.2) is 0 Å². The predicted molar refractivity (Wildman–Crippen MR) is 200 cm³/mol. The second-order valence-corrected chi connectivity index (χ2v) is 18.9. The zero-order chi connectivity index (χ0) is 41.0. The van der Waals surface area contributed by atoms with Crippen molar-refractivity contribution in [1.82, 2.24) is 10.6 Å². The van der Waals surface area contributed by atoms with Gasteiger partial charge in [0.1, 0.15) is 0 Å². The first-order valence-electron chi connectivity index (χ1n) is 22.0. The Morgan fingerprint density at radius 2 is 0.966 bits per heavy atom. The van der Waals surface area contributed by atoms with Gasteiger partial charge in [0, 0.05) is 62.4 Å². The van der Waals surface area contributed by atoms with Gasteiger partial charge in [0.25, 0.3) is 0 Å². The molecule has 2 aliphatic carbocycles. The molecular weight excluding hydrogens is 756 g/mol. The molecule has 2 N–H and O–H groups in total. The van der Waals surface area contributed by atoms with E-state index in [0.29, 0.717) is 37.5 Å². The van der Waals surface area contributed by atoms with Gasteiger partial charge in [-0.2, -0.15) is 0 Å². The van der Waals surface area contributed by atoms with Crippen molar-refractivity contribution < 1.29 is 67.1 Å². The molecule has 0 aromatic heterocycles. The first-order valence-corrected chi connectivity index (χ1v) is 22.0. The summed E-state index contributed by atoms with van der Waals surface area (Å²) in [4.78, 5) is 74.8. The van der Waals surface area contributed by atoms with E-state index in [2.05, 4.69) is 24.5 Å². The molecule has 10 rings (SSSR count). The number of nitrogens with one attached hydrogen (secondary N) is 2. The minimum absolute atomic E-state index is 0.00840. The fourth-order valence-electron chi connectivity index (χ4n) is 11.7. The van der Waals surface area contributed by atoms with Crippen LogP contribution in [0.3, 0.4) is 0 Å². The summed E-state index contributed by atoms with van der Waals surface area (Å²) in [7, 11) is 0. The Balaban J connectivity index is 0.700. The summed E-state index contributed by atoms with van der Waals surface area (Å²) in [5, 5.41) is 5.54. The monoisotopic (exact) mass is 820 g/mol. The van der Waals surface area contributed by atoms with Crippen molar-refractivity contribution in [3.63, 3.8) is 0 Å². The van der Waals surface area contributed by atoms with Crippen molar-refractivity contribution in [3.05, 3.63) is 0 Å². The van der Waals surface area contributed by atoms with E-state index in [-0.39, 0.29) is 86.1 Å². The Kier molecular flexibility index (Phi) is 12.0. The maximum absolute atomic E-state index is 12.9.